The van der Waals surface area contributed by atoms with E-state index >= 15 is 0 Å². The number of aliphatic hydroxyl groups excluding tert-OH is 1. The molecule has 0 aliphatic heterocycles. The van der Waals surface area contributed by atoms with Gasteiger partial charge in [-0.15, -0.1) is 0 Å². The molecule has 0 fully saturated rings. The molecule has 2 N–H and O–H groups in total. The van der Waals surface area contributed by atoms with Crippen molar-refractivity contribution in [3.63, 3.8) is 0 Å². The Morgan fingerprint density at radius 2 is 1.79 bits per heavy atom. The van der Waals surface area contributed by atoms with Crippen LogP contribution in [0.5, 0.6) is 0 Å². The van der Waals surface area contributed by atoms with Gasteiger partial charge in [0.1, 0.15) is 11.9 Å². The van der Waals surface area contributed by atoms with Gasteiger partial charge in [0.05, 0.1) is 23.9 Å². The van der Waals surface area contributed by atoms with Gasteiger partial charge in [0.2, 0.25) is 0 Å². The van der Waals surface area contributed by atoms with E-state index in [4.69, 9.17) is 11.4 Å². The molecule has 1 aromatic heterocycles. The fraction of sp³-hybridized carbons (Fsp3) is 0.231. The van der Waals surface area contributed by atoms with Gasteiger partial charge in [0.25, 0.3) is 0 Å². The molecule has 8 heteroatoms. The molecule has 3 aromatic rings. The van der Waals surface area contributed by atoms with Crippen molar-refractivity contribution in [1.82, 2.24) is 4.98 Å². The molecule has 0 aliphatic rings. The van der Waals surface area contributed by atoms with E-state index in [2.05, 4.69) is 4.74 Å². The number of aromatic nitrogens is 1. The first-order chi connectivity index (χ1) is 16.2. The second kappa shape index (κ2) is 11.2. The minimum atomic E-state index is -3.43. The lowest BCUT2D eigenvalue weighted by Gasteiger charge is -2.27. The Labute approximate surface area is 198 Å². The zero-order chi connectivity index (χ0) is 24.8. The van der Waals surface area contributed by atoms with Crippen LogP contribution in [-0.4, -0.2) is 27.1 Å². The van der Waals surface area contributed by atoms with Gasteiger partial charge in [-0.2, -0.15) is 0 Å². The van der Waals surface area contributed by atoms with Crippen LogP contribution in [0, 0.1) is 18.3 Å². The Morgan fingerprint density at radius 3 is 2.35 bits per heavy atom. The number of hydrogen-bond donors (Lipinski definition) is 2. The van der Waals surface area contributed by atoms with Gasteiger partial charge in [-0.1, -0.05) is 62.7 Å². The van der Waals surface area contributed by atoms with E-state index in [1.165, 1.54) is 12.1 Å². The highest BCUT2D eigenvalue weighted by molar-refractivity contribution is 7.38. The Bertz CT molecular complexity index is 1220. The van der Waals surface area contributed by atoms with Crippen molar-refractivity contribution >= 4 is 14.0 Å². The van der Waals surface area contributed by atoms with Crippen molar-refractivity contribution in [3.05, 3.63) is 77.7 Å². The molecule has 6 nitrogen and oxygen atoms in total. The number of esters is 1. The number of terminal acetylenes is 1. The molecule has 0 aliphatic carbocycles. The first-order valence-corrected chi connectivity index (χ1v) is 12.1. The molecule has 0 bridgehead atoms. The average Bonchev–Trinajstić information content (AvgIpc) is 2.80. The molecule has 3 unspecified atom stereocenters. The second-order valence-corrected chi connectivity index (χ2v) is 9.36. The Balaban J connectivity index is 2.30. The van der Waals surface area contributed by atoms with E-state index in [1.807, 2.05) is 44.2 Å². The number of aliphatic hydroxyl groups is 1. The summed E-state index contributed by atoms with van der Waals surface area (Å²) in [6, 6.07) is 16.8. The predicted molar refractivity (Wildman–Crippen MR) is 129 cm³/mol. The number of pyridine rings is 1. The predicted octanol–water partition coefficient (Wildman–Crippen LogP) is 5.07. The van der Waals surface area contributed by atoms with Gasteiger partial charge in [0, 0.05) is 11.3 Å². The lowest BCUT2D eigenvalue weighted by molar-refractivity contribution is -0.139. The SMILES string of the molecule is C#COC(=O)CC(O)C(c1c(-c2ccc(F)cc2)cc(-c2ccccc2)nc1C(C)C)[PH](=O)O. The van der Waals surface area contributed by atoms with Crippen molar-refractivity contribution in [1.29, 1.82) is 0 Å². The van der Waals surface area contributed by atoms with Crippen molar-refractivity contribution in [3.8, 4) is 34.9 Å². The zero-order valence-electron chi connectivity index (χ0n) is 18.7. The number of nitrogens with zero attached hydrogens (tertiary/aromatic N) is 1. The van der Waals surface area contributed by atoms with Gasteiger partial charge in [-0.3, -0.25) is 14.3 Å². The summed E-state index contributed by atoms with van der Waals surface area (Å²) in [5, 5.41) is 10.8. The molecule has 1 heterocycles. The maximum atomic E-state index is 13.7. The summed E-state index contributed by atoms with van der Waals surface area (Å²) in [6.07, 6.45) is 4.58. The summed E-state index contributed by atoms with van der Waals surface area (Å²) in [4.78, 5) is 27.0. The van der Waals surface area contributed by atoms with Gasteiger partial charge in [-0.05, 0) is 40.8 Å². The number of rotatable bonds is 8. The maximum absolute atomic E-state index is 13.7. The van der Waals surface area contributed by atoms with Gasteiger partial charge in [0.15, 0.2) is 8.03 Å². The van der Waals surface area contributed by atoms with Crippen LogP contribution in [0.1, 0.15) is 43.1 Å². The summed E-state index contributed by atoms with van der Waals surface area (Å²) in [5.74, 6) is -1.53. The number of carbonyl (C=O) groups is 1. The number of ether oxygens (including phenoxy) is 1. The quantitative estimate of drug-likeness (QED) is 0.265. The van der Waals surface area contributed by atoms with Crippen molar-refractivity contribution in [2.75, 3.05) is 0 Å². The van der Waals surface area contributed by atoms with Crippen LogP contribution in [-0.2, 0) is 14.1 Å². The third-order valence-corrected chi connectivity index (χ3v) is 6.58. The summed E-state index contributed by atoms with van der Waals surface area (Å²) >= 11 is 0. The topological polar surface area (TPSA) is 96.7 Å². The molecule has 0 saturated carbocycles. The van der Waals surface area contributed by atoms with E-state index < -0.39 is 38.0 Å². The smallest absolute Gasteiger partial charge is 0.322 e. The Kier molecular flexibility index (Phi) is 8.36. The molecule has 0 amide bonds. The molecule has 3 rings (SSSR count). The lowest BCUT2D eigenvalue weighted by atomic mass is 9.88. The average molecular weight is 481 g/mol. The summed E-state index contributed by atoms with van der Waals surface area (Å²) < 4.78 is 30.7. The molecule has 0 spiro atoms. The van der Waals surface area contributed by atoms with E-state index in [0.717, 1.165) is 5.56 Å². The fourth-order valence-electron chi connectivity index (χ4n) is 3.84. The van der Waals surface area contributed by atoms with Crippen LogP contribution >= 0.6 is 8.03 Å². The number of carbonyl (C=O) groups excluding carboxylic acids is 1. The third-order valence-electron chi connectivity index (χ3n) is 5.37. The summed E-state index contributed by atoms with van der Waals surface area (Å²) in [5.41, 5.74) is 2.01. The zero-order valence-corrected chi connectivity index (χ0v) is 19.7. The molecule has 0 radical (unpaired) electrons. The molecular weight excluding hydrogens is 456 g/mol. The van der Waals surface area contributed by atoms with Crippen molar-refractivity contribution < 1.29 is 28.5 Å². The highest BCUT2D eigenvalue weighted by Gasteiger charge is 2.34. The number of halogens is 1. The molecule has 34 heavy (non-hydrogen) atoms. The van der Waals surface area contributed by atoms with Crippen LogP contribution < -0.4 is 0 Å². The van der Waals surface area contributed by atoms with Crippen LogP contribution in [0.15, 0.2) is 60.7 Å². The van der Waals surface area contributed by atoms with Gasteiger partial charge >= 0.3 is 5.97 Å². The van der Waals surface area contributed by atoms with Crippen molar-refractivity contribution in [2.45, 2.75) is 37.9 Å². The van der Waals surface area contributed by atoms with Gasteiger partial charge in [-0.25, -0.2) is 4.39 Å². The van der Waals surface area contributed by atoms with Crippen LogP contribution in [0.25, 0.3) is 22.4 Å². The molecule has 3 atom stereocenters. The highest BCUT2D eigenvalue weighted by Crippen LogP contribution is 2.48. The van der Waals surface area contributed by atoms with E-state index in [1.54, 1.807) is 24.3 Å². The number of benzene rings is 2. The fourth-order valence-corrected chi connectivity index (χ4v) is 4.84. The molecule has 176 valence electrons. The van der Waals surface area contributed by atoms with Crippen LogP contribution in [0.4, 0.5) is 4.39 Å². The Hall–Kier alpha value is -3.30. The highest BCUT2D eigenvalue weighted by atomic mass is 31.1. The van der Waals surface area contributed by atoms with Crippen LogP contribution in [0.2, 0.25) is 0 Å². The largest absolute Gasteiger partial charge is 0.391 e. The molecule has 2 aromatic carbocycles. The van der Waals surface area contributed by atoms with E-state index in [-0.39, 0.29) is 5.92 Å². The normalized spacial score (nSPS) is 13.7. The molecular formula is C26H25FNO5P. The lowest BCUT2D eigenvalue weighted by Crippen LogP contribution is -2.23. The van der Waals surface area contributed by atoms with E-state index in [9.17, 15) is 23.7 Å². The first-order valence-electron chi connectivity index (χ1n) is 10.6. The second-order valence-electron chi connectivity index (χ2n) is 8.06. The summed E-state index contributed by atoms with van der Waals surface area (Å²) in [7, 11) is -3.43. The van der Waals surface area contributed by atoms with Crippen molar-refractivity contribution in [2.24, 2.45) is 0 Å². The standard InChI is InChI=1S/C26H25FNO5P/c1-4-33-23(30)15-22(29)26(34(31)32)24-20(17-10-12-19(27)13-11-17)14-21(28-25(24)16(2)3)18-8-6-5-7-9-18/h1,5-14,16,22,26,29,34H,15H2,2-3H3,(H,31,32). The minimum Gasteiger partial charge on any atom is -0.391 e. The van der Waals surface area contributed by atoms with Crippen LogP contribution in [0.3, 0.4) is 0 Å². The monoisotopic (exact) mass is 481 g/mol. The third kappa shape index (κ3) is 5.78. The summed E-state index contributed by atoms with van der Waals surface area (Å²) in [6.45, 7) is 3.75. The maximum Gasteiger partial charge on any atom is 0.322 e. The Morgan fingerprint density at radius 1 is 1.15 bits per heavy atom. The number of hydrogen-bond acceptors (Lipinski definition) is 5. The van der Waals surface area contributed by atoms with E-state index in [0.29, 0.717) is 28.1 Å². The molecule has 0 saturated heterocycles. The first kappa shape index (κ1) is 25.3. The van der Waals surface area contributed by atoms with Gasteiger partial charge < -0.3 is 14.7 Å². The minimum absolute atomic E-state index is 0.202.